The Morgan fingerprint density at radius 1 is 0.955 bits per heavy atom. The largest absolute Gasteiger partial charge is 0.298 e. The van der Waals surface area contributed by atoms with Crippen molar-refractivity contribution in [2.45, 2.75) is 11.1 Å². The monoisotopic (exact) mass is 319 g/mol. The fourth-order valence-corrected chi connectivity index (χ4v) is 3.50. The van der Waals surface area contributed by atoms with Crippen LogP contribution in [0.3, 0.4) is 0 Å². The van der Waals surface area contributed by atoms with Crippen molar-refractivity contribution in [1.82, 2.24) is 8.95 Å². The van der Waals surface area contributed by atoms with Crippen molar-refractivity contribution in [2.24, 2.45) is 0 Å². The van der Waals surface area contributed by atoms with Crippen LogP contribution >= 0.6 is 0 Å². The van der Waals surface area contributed by atoms with Crippen LogP contribution in [0.5, 0.6) is 0 Å². The lowest BCUT2D eigenvalue weighted by Gasteiger charge is -2.23. The topological polar surface area (TPSA) is 49.7 Å². The van der Waals surface area contributed by atoms with Gasteiger partial charge in [0.05, 0.1) is 26.0 Å². The van der Waals surface area contributed by atoms with E-state index >= 15 is 0 Å². The van der Waals surface area contributed by atoms with E-state index in [4.69, 9.17) is 4.84 Å². The Morgan fingerprint density at radius 3 is 2.09 bits per heavy atom. The number of hydrogen-bond donors (Lipinski definition) is 0. The maximum Gasteiger partial charge on any atom is 0.267 e. The molecule has 0 aliphatic carbocycles. The van der Waals surface area contributed by atoms with Crippen LogP contribution in [-0.2, 0) is 14.9 Å². The molecule has 0 aromatic heterocycles. The van der Waals surface area contributed by atoms with Crippen LogP contribution in [-0.4, -0.2) is 34.0 Å². The molecule has 22 heavy (non-hydrogen) atoms. The Labute approximate surface area is 131 Å². The number of quaternary nitrogens is 1. The summed E-state index contributed by atoms with van der Waals surface area (Å²) in [6.07, 6.45) is -0.535. The Morgan fingerprint density at radius 2 is 1.55 bits per heavy atom. The zero-order valence-electron chi connectivity index (χ0n) is 12.8. The van der Waals surface area contributed by atoms with E-state index in [1.165, 1.54) is 0 Å². The predicted octanol–water partition coefficient (Wildman–Crippen LogP) is 2.52. The summed E-state index contributed by atoms with van der Waals surface area (Å²) in [6.45, 7) is 0. The van der Waals surface area contributed by atoms with Crippen molar-refractivity contribution in [3.05, 3.63) is 60.2 Å². The predicted molar refractivity (Wildman–Crippen MR) is 85.3 cm³/mol. The van der Waals surface area contributed by atoms with Crippen molar-refractivity contribution < 1.29 is 13.3 Å². The summed E-state index contributed by atoms with van der Waals surface area (Å²) in [7, 11) is 2.64. The summed E-state index contributed by atoms with van der Waals surface area (Å²) < 4.78 is 26.6. The lowest BCUT2D eigenvalue weighted by molar-refractivity contribution is 0.283. The van der Waals surface area contributed by atoms with Crippen molar-refractivity contribution in [2.75, 3.05) is 21.1 Å². The first-order chi connectivity index (χ1) is 10.3. The van der Waals surface area contributed by atoms with Gasteiger partial charge in [0.2, 0.25) is 0 Å². The van der Waals surface area contributed by atoms with Gasteiger partial charge in [-0.15, -0.1) is 0 Å². The van der Waals surface area contributed by atoms with Gasteiger partial charge in [-0.1, -0.05) is 18.2 Å². The minimum atomic E-state index is -3.59. The maximum absolute atomic E-state index is 12.4. The third kappa shape index (κ3) is 2.78. The van der Waals surface area contributed by atoms with E-state index in [0.29, 0.717) is 4.48 Å². The lowest BCUT2D eigenvalue weighted by Crippen LogP contribution is -2.34. The SMILES string of the molecule is C[N+](C)(C)c1ccc(C2ON2S(=O)(=O)c2ccccc2)cc1. The summed E-state index contributed by atoms with van der Waals surface area (Å²) >= 11 is 0. The summed E-state index contributed by atoms with van der Waals surface area (Å²) in [4.78, 5) is 5.52. The van der Waals surface area contributed by atoms with Gasteiger partial charge in [-0.25, -0.2) is 8.42 Å². The van der Waals surface area contributed by atoms with Gasteiger partial charge in [0.15, 0.2) is 6.23 Å². The molecule has 1 fully saturated rings. The molecule has 1 aliphatic rings. The molecule has 2 atom stereocenters. The van der Waals surface area contributed by atoms with E-state index in [2.05, 4.69) is 21.1 Å². The smallest absolute Gasteiger partial charge is 0.267 e. The number of benzene rings is 2. The van der Waals surface area contributed by atoms with Gasteiger partial charge in [0.25, 0.3) is 10.0 Å². The highest BCUT2D eigenvalue weighted by atomic mass is 32.2. The second kappa shape index (κ2) is 5.17. The van der Waals surface area contributed by atoms with Gasteiger partial charge in [-0.2, -0.15) is 0 Å². The van der Waals surface area contributed by atoms with E-state index in [0.717, 1.165) is 15.7 Å². The number of rotatable bonds is 4. The minimum absolute atomic E-state index is 0.237. The van der Waals surface area contributed by atoms with Crippen LogP contribution in [0.2, 0.25) is 0 Å². The summed E-state index contributed by atoms with van der Waals surface area (Å²) in [5.74, 6) is 0. The van der Waals surface area contributed by atoms with E-state index < -0.39 is 16.3 Å². The zero-order chi connectivity index (χ0) is 16.0. The van der Waals surface area contributed by atoms with E-state index in [-0.39, 0.29) is 4.90 Å². The molecule has 0 spiro atoms. The Bertz CT molecular complexity index is 765. The van der Waals surface area contributed by atoms with Crippen LogP contribution in [0, 0.1) is 0 Å². The fraction of sp³-hybridized carbons (Fsp3) is 0.250. The number of hydrogen-bond acceptors (Lipinski definition) is 3. The van der Waals surface area contributed by atoms with Crippen LogP contribution < -0.4 is 4.48 Å². The van der Waals surface area contributed by atoms with Gasteiger partial charge in [-0.3, -0.25) is 9.32 Å². The molecule has 1 saturated heterocycles. The first-order valence-corrected chi connectivity index (χ1v) is 8.42. The minimum Gasteiger partial charge on any atom is -0.298 e. The third-order valence-electron chi connectivity index (χ3n) is 3.58. The second-order valence-electron chi connectivity index (χ2n) is 6.14. The van der Waals surface area contributed by atoms with Gasteiger partial charge >= 0.3 is 0 Å². The lowest BCUT2D eigenvalue weighted by atomic mass is 10.2. The molecule has 5 nitrogen and oxygen atoms in total. The van der Waals surface area contributed by atoms with Gasteiger partial charge in [0.1, 0.15) is 5.69 Å². The van der Waals surface area contributed by atoms with Crippen LogP contribution in [0.25, 0.3) is 0 Å². The van der Waals surface area contributed by atoms with Crippen LogP contribution in [0.15, 0.2) is 59.5 Å². The molecule has 1 aliphatic heterocycles. The molecular formula is C16H19N2O3S+. The normalized spacial score (nSPS) is 21.6. The quantitative estimate of drug-likeness (QED) is 0.643. The number of sulfonamides is 1. The van der Waals surface area contributed by atoms with E-state index in [9.17, 15) is 8.42 Å². The van der Waals surface area contributed by atoms with Gasteiger partial charge < -0.3 is 0 Å². The Hall–Kier alpha value is -1.73. The summed E-state index contributed by atoms with van der Waals surface area (Å²) in [5, 5.41) is 0. The Kier molecular flexibility index (Phi) is 3.57. The molecule has 116 valence electrons. The molecule has 0 saturated carbocycles. The summed E-state index contributed by atoms with van der Waals surface area (Å²) in [6, 6.07) is 16.1. The van der Waals surface area contributed by atoms with Gasteiger partial charge in [-0.05, 0) is 40.9 Å². The maximum atomic E-state index is 12.4. The molecule has 3 rings (SSSR count). The first kappa shape index (κ1) is 15.2. The molecule has 0 radical (unpaired) electrons. The van der Waals surface area contributed by atoms with E-state index in [1.54, 1.807) is 30.3 Å². The molecule has 0 amide bonds. The third-order valence-corrected chi connectivity index (χ3v) is 5.20. The van der Waals surface area contributed by atoms with Crippen LogP contribution in [0.4, 0.5) is 5.69 Å². The molecule has 1 heterocycles. The molecular weight excluding hydrogens is 300 g/mol. The molecule has 2 unspecified atom stereocenters. The number of nitrogens with zero attached hydrogens (tertiary/aromatic N) is 2. The summed E-state index contributed by atoms with van der Waals surface area (Å²) in [5.41, 5.74) is 1.97. The Balaban J connectivity index is 1.80. The number of hydroxylamine groups is 1. The highest BCUT2D eigenvalue weighted by molar-refractivity contribution is 7.89. The molecule has 6 heteroatoms. The standard InChI is InChI=1S/C16H19N2O3S/c1-18(2,3)14-11-9-13(10-12-14)16-17(21-16)22(19,20)15-7-5-4-6-8-15/h4-12,16H,1-3H3/q+1. The van der Waals surface area contributed by atoms with Crippen molar-refractivity contribution in [1.29, 1.82) is 0 Å². The average molecular weight is 319 g/mol. The molecule has 0 bridgehead atoms. The molecule has 2 aromatic rings. The average Bonchev–Trinajstić information content (AvgIpc) is 3.29. The zero-order valence-corrected chi connectivity index (χ0v) is 13.6. The molecule has 2 aromatic carbocycles. The first-order valence-electron chi connectivity index (χ1n) is 6.98. The van der Waals surface area contributed by atoms with Crippen molar-refractivity contribution in [3.8, 4) is 0 Å². The molecule has 0 N–H and O–H groups in total. The van der Waals surface area contributed by atoms with Crippen molar-refractivity contribution >= 4 is 15.7 Å². The fourth-order valence-electron chi connectivity index (χ4n) is 2.22. The second-order valence-corrected chi connectivity index (χ2v) is 7.92. The van der Waals surface area contributed by atoms with Crippen LogP contribution in [0.1, 0.15) is 11.8 Å². The van der Waals surface area contributed by atoms with Crippen molar-refractivity contribution in [3.63, 3.8) is 0 Å². The highest BCUT2D eigenvalue weighted by Crippen LogP contribution is 2.42. The van der Waals surface area contributed by atoms with E-state index in [1.807, 2.05) is 24.3 Å². The van der Waals surface area contributed by atoms with Gasteiger partial charge in [0, 0.05) is 5.56 Å². The highest BCUT2D eigenvalue weighted by Gasteiger charge is 2.48.